The Morgan fingerprint density at radius 2 is 1.63 bits per heavy atom. The first-order valence-electron chi connectivity index (χ1n) is 11.2. The molecule has 3 aromatic carbocycles. The summed E-state index contributed by atoms with van der Waals surface area (Å²) in [5.41, 5.74) is 4.15. The van der Waals surface area contributed by atoms with Crippen LogP contribution in [0.2, 0.25) is 0 Å². The molecule has 0 bridgehead atoms. The van der Waals surface area contributed by atoms with Crippen LogP contribution in [0.3, 0.4) is 0 Å². The molecule has 0 aliphatic rings. The number of rotatable bonds is 4. The zero-order valence-electron chi connectivity index (χ0n) is 18.8. The number of H-pyrrole nitrogens is 1. The predicted octanol–water partition coefficient (Wildman–Crippen LogP) is 5.62. The summed E-state index contributed by atoms with van der Waals surface area (Å²) < 4.78 is 7.23. The zero-order chi connectivity index (χ0) is 23.9. The maximum atomic E-state index is 13.4. The molecule has 3 aromatic heterocycles. The Kier molecular flexibility index (Phi) is 4.88. The maximum absolute atomic E-state index is 13.4. The number of imidazole rings is 1. The van der Waals surface area contributed by atoms with E-state index in [1.165, 1.54) is 0 Å². The lowest BCUT2D eigenvalue weighted by molar-refractivity contribution is 0.0288. The molecule has 0 aliphatic carbocycles. The third kappa shape index (κ3) is 3.54. The van der Waals surface area contributed by atoms with Gasteiger partial charge in [-0.2, -0.15) is 0 Å². The number of nitrogens with one attached hydrogen (secondary N) is 1. The van der Waals surface area contributed by atoms with E-state index in [1.54, 1.807) is 42.1 Å². The van der Waals surface area contributed by atoms with Crippen LogP contribution in [0, 0.1) is 0 Å². The van der Waals surface area contributed by atoms with E-state index in [0.29, 0.717) is 16.9 Å². The van der Waals surface area contributed by atoms with Crippen molar-refractivity contribution in [3.05, 3.63) is 96.8 Å². The van der Waals surface area contributed by atoms with E-state index < -0.39 is 12.1 Å². The van der Waals surface area contributed by atoms with Crippen molar-refractivity contribution in [1.29, 1.82) is 0 Å². The second-order valence-corrected chi connectivity index (χ2v) is 8.31. The van der Waals surface area contributed by atoms with E-state index in [-0.39, 0.29) is 5.91 Å². The number of hydrogen-bond donors (Lipinski definition) is 1. The number of carbonyl (C=O) groups excluding carboxylic acids is 2. The van der Waals surface area contributed by atoms with Crippen LogP contribution in [0.4, 0.5) is 0 Å². The van der Waals surface area contributed by atoms with E-state index in [1.807, 2.05) is 60.7 Å². The fourth-order valence-electron chi connectivity index (χ4n) is 4.40. The molecule has 1 N–H and O–H groups in total. The third-order valence-electron chi connectivity index (χ3n) is 6.08. The van der Waals surface area contributed by atoms with Crippen LogP contribution in [-0.4, -0.2) is 37.5 Å². The normalized spacial score (nSPS) is 12.3. The maximum Gasteiger partial charge on any atom is 0.338 e. The molecular weight excluding hydrogens is 440 g/mol. The number of nitrogens with zero attached hydrogens (tertiary/aromatic N) is 3. The van der Waals surface area contributed by atoms with Gasteiger partial charge in [0.05, 0.1) is 27.6 Å². The highest BCUT2D eigenvalue weighted by Crippen LogP contribution is 2.29. The van der Waals surface area contributed by atoms with Gasteiger partial charge in [-0.3, -0.25) is 14.3 Å². The first kappa shape index (κ1) is 20.8. The van der Waals surface area contributed by atoms with Crippen molar-refractivity contribution in [3.63, 3.8) is 0 Å². The molecule has 7 heteroatoms. The first-order valence-corrected chi connectivity index (χ1v) is 11.2. The van der Waals surface area contributed by atoms with Crippen LogP contribution in [0.5, 0.6) is 0 Å². The molecule has 1 atom stereocenters. The Balaban J connectivity index is 1.29. The molecule has 6 rings (SSSR count). The van der Waals surface area contributed by atoms with Gasteiger partial charge in [-0.1, -0.05) is 36.4 Å². The third-order valence-corrected chi connectivity index (χ3v) is 6.08. The fraction of sp³-hybridized carbons (Fsp3) is 0.0714. The van der Waals surface area contributed by atoms with Gasteiger partial charge in [0.25, 0.3) is 5.91 Å². The van der Waals surface area contributed by atoms with Gasteiger partial charge in [0.1, 0.15) is 5.82 Å². The minimum atomic E-state index is -0.981. The molecular formula is C28H20N4O3. The summed E-state index contributed by atoms with van der Waals surface area (Å²) in [6.07, 6.45) is 2.43. The smallest absolute Gasteiger partial charge is 0.338 e. The number of aromatic nitrogens is 4. The molecule has 6 aromatic rings. The summed E-state index contributed by atoms with van der Waals surface area (Å²) >= 11 is 0. The number of aromatic amines is 1. The monoisotopic (exact) mass is 460 g/mol. The summed E-state index contributed by atoms with van der Waals surface area (Å²) in [5.74, 6) is -0.225. The summed E-state index contributed by atoms with van der Waals surface area (Å²) in [4.78, 5) is 38.3. The van der Waals surface area contributed by atoms with Crippen molar-refractivity contribution in [2.24, 2.45) is 0 Å². The van der Waals surface area contributed by atoms with Crippen LogP contribution >= 0.6 is 0 Å². The highest BCUT2D eigenvalue weighted by molar-refractivity contribution is 6.14. The van der Waals surface area contributed by atoms with E-state index in [9.17, 15) is 9.59 Å². The molecule has 0 fully saturated rings. The lowest BCUT2D eigenvalue weighted by Gasteiger charge is -2.14. The van der Waals surface area contributed by atoms with E-state index in [4.69, 9.17) is 4.74 Å². The van der Waals surface area contributed by atoms with Crippen molar-refractivity contribution in [1.82, 2.24) is 19.5 Å². The van der Waals surface area contributed by atoms with Crippen molar-refractivity contribution >= 4 is 44.7 Å². The number of fused-ring (bicyclic) bond motifs is 4. The lowest BCUT2D eigenvalue weighted by atomic mass is 10.2. The highest BCUT2D eigenvalue weighted by atomic mass is 16.5. The average molecular weight is 460 g/mol. The molecule has 0 saturated carbocycles. The lowest BCUT2D eigenvalue weighted by Crippen LogP contribution is -2.29. The minimum Gasteiger partial charge on any atom is -0.449 e. The Morgan fingerprint density at radius 1 is 0.914 bits per heavy atom. The number of benzene rings is 3. The van der Waals surface area contributed by atoms with Crippen LogP contribution in [0.15, 0.2) is 91.3 Å². The van der Waals surface area contributed by atoms with Crippen molar-refractivity contribution in [2.75, 3.05) is 0 Å². The number of esters is 1. The van der Waals surface area contributed by atoms with Crippen LogP contribution in [0.1, 0.15) is 22.1 Å². The second kappa shape index (κ2) is 8.22. The summed E-state index contributed by atoms with van der Waals surface area (Å²) in [6.45, 7) is 1.60. The van der Waals surface area contributed by atoms with Crippen molar-refractivity contribution in [2.45, 2.75) is 13.0 Å². The highest BCUT2D eigenvalue weighted by Gasteiger charge is 2.24. The number of ether oxygens (including phenoxy) is 1. The van der Waals surface area contributed by atoms with Crippen LogP contribution < -0.4 is 0 Å². The summed E-state index contributed by atoms with van der Waals surface area (Å²) in [7, 11) is 0. The summed E-state index contributed by atoms with van der Waals surface area (Å²) in [6, 6.07) is 24.2. The number of hydrogen-bond acceptors (Lipinski definition) is 5. The zero-order valence-corrected chi connectivity index (χ0v) is 18.8. The molecule has 35 heavy (non-hydrogen) atoms. The fourth-order valence-corrected chi connectivity index (χ4v) is 4.40. The molecule has 0 radical (unpaired) electrons. The molecule has 7 nitrogen and oxygen atoms in total. The Labute approximate surface area is 200 Å². The van der Waals surface area contributed by atoms with Gasteiger partial charge in [0, 0.05) is 28.7 Å². The second-order valence-electron chi connectivity index (χ2n) is 8.31. The molecule has 0 saturated heterocycles. The van der Waals surface area contributed by atoms with Gasteiger partial charge in [-0.05, 0) is 49.4 Å². The molecule has 0 spiro atoms. The van der Waals surface area contributed by atoms with Gasteiger partial charge < -0.3 is 9.72 Å². The summed E-state index contributed by atoms with van der Waals surface area (Å²) in [5, 5.41) is 1.95. The van der Waals surface area contributed by atoms with Gasteiger partial charge >= 0.3 is 5.97 Å². The number of para-hydroxylation sites is 2. The SMILES string of the molecule is CC(OC(=O)c1ccc2nc(-c3cccnc3)[nH]c2c1)C(=O)n1c2ccccc2c2ccccc21. The number of carbonyl (C=O) groups is 2. The average Bonchev–Trinajstić information content (AvgIpc) is 3.47. The standard InChI is InChI=1S/C28H20N4O3/c1-17(27(33)32-24-10-4-2-8-20(24)21-9-3-5-11-25(21)32)35-28(34)18-12-13-22-23(15-18)31-26(30-22)19-7-6-14-29-16-19/h2-17H,1H3,(H,30,31). The largest absolute Gasteiger partial charge is 0.449 e. The predicted molar refractivity (Wildman–Crippen MR) is 134 cm³/mol. The van der Waals surface area contributed by atoms with Gasteiger partial charge in [-0.25, -0.2) is 9.78 Å². The van der Waals surface area contributed by atoms with Gasteiger partial charge in [-0.15, -0.1) is 0 Å². The Hall–Kier alpha value is -4.78. The number of pyridine rings is 1. The van der Waals surface area contributed by atoms with Crippen molar-refractivity contribution < 1.29 is 14.3 Å². The Bertz CT molecular complexity index is 1680. The molecule has 1 unspecified atom stereocenters. The topological polar surface area (TPSA) is 89.9 Å². The first-order chi connectivity index (χ1) is 17.1. The molecule has 170 valence electrons. The van der Waals surface area contributed by atoms with E-state index >= 15 is 0 Å². The molecule has 3 heterocycles. The van der Waals surface area contributed by atoms with Crippen LogP contribution in [-0.2, 0) is 4.74 Å². The van der Waals surface area contributed by atoms with E-state index in [2.05, 4.69) is 15.0 Å². The van der Waals surface area contributed by atoms with E-state index in [0.717, 1.165) is 32.9 Å². The Morgan fingerprint density at radius 3 is 2.31 bits per heavy atom. The van der Waals surface area contributed by atoms with Crippen LogP contribution in [0.25, 0.3) is 44.2 Å². The quantitative estimate of drug-likeness (QED) is 0.345. The van der Waals surface area contributed by atoms with Crippen molar-refractivity contribution in [3.8, 4) is 11.4 Å². The minimum absolute atomic E-state index is 0.308. The molecule has 0 amide bonds. The van der Waals surface area contributed by atoms with Gasteiger partial charge in [0.2, 0.25) is 0 Å². The molecule has 0 aliphatic heterocycles. The van der Waals surface area contributed by atoms with Gasteiger partial charge in [0.15, 0.2) is 6.10 Å².